The smallest absolute Gasteiger partial charge is 0.408 e. The molecule has 0 bridgehead atoms. The lowest BCUT2D eigenvalue weighted by molar-refractivity contribution is -0.139. The topological polar surface area (TPSA) is 102 Å². The molecule has 0 radical (unpaired) electrons. The van der Waals surface area contributed by atoms with E-state index in [-0.39, 0.29) is 11.5 Å². The average Bonchev–Trinajstić information content (AvgIpc) is 2.24. The Morgan fingerprint density at radius 1 is 1.32 bits per heavy atom. The van der Waals surface area contributed by atoms with E-state index in [1.54, 1.807) is 20.8 Å². The van der Waals surface area contributed by atoms with Crippen LogP contribution < -0.4 is 5.32 Å². The number of nitrogens with one attached hydrogen (secondary N) is 1. The first-order valence-electron chi connectivity index (χ1n) is 5.52. The van der Waals surface area contributed by atoms with Gasteiger partial charge in [0, 0.05) is 5.75 Å². The van der Waals surface area contributed by atoms with Crippen LogP contribution in [0.15, 0.2) is 0 Å². The number of aliphatic carboxylic acids is 1. The van der Waals surface area contributed by atoms with Gasteiger partial charge in [-0.1, -0.05) is 0 Å². The molecule has 1 atom stereocenters. The molecule has 0 aliphatic rings. The number of carbonyl (C=O) groups is 3. The number of alkyl carbamates (subject to hydrolysis) is 1. The van der Waals surface area contributed by atoms with Gasteiger partial charge in [0.25, 0.3) is 0 Å². The summed E-state index contributed by atoms with van der Waals surface area (Å²) in [4.78, 5) is 33.2. The standard InChI is InChI=1S/C11H19NO6S/c1-11(2,3)18-10(16)12-7(9(14)15)5-19-6-8(13)17-4/h7H,5-6H2,1-4H3,(H,12,16)(H,14,15)/t7-/m0/s1. The summed E-state index contributed by atoms with van der Waals surface area (Å²) < 4.78 is 9.37. The number of hydrogen-bond acceptors (Lipinski definition) is 6. The number of methoxy groups -OCH3 is 1. The molecule has 7 nitrogen and oxygen atoms in total. The summed E-state index contributed by atoms with van der Waals surface area (Å²) in [5.74, 6) is -1.57. The molecule has 0 rings (SSSR count). The van der Waals surface area contributed by atoms with Crippen LogP contribution >= 0.6 is 11.8 Å². The lowest BCUT2D eigenvalue weighted by Crippen LogP contribution is -2.45. The predicted molar refractivity (Wildman–Crippen MR) is 70.1 cm³/mol. The average molecular weight is 293 g/mol. The molecule has 2 N–H and O–H groups in total. The van der Waals surface area contributed by atoms with Crippen molar-refractivity contribution in [1.29, 1.82) is 0 Å². The molecule has 8 heteroatoms. The van der Waals surface area contributed by atoms with E-state index in [2.05, 4.69) is 10.1 Å². The molecule has 0 spiro atoms. The number of rotatable bonds is 6. The van der Waals surface area contributed by atoms with E-state index >= 15 is 0 Å². The van der Waals surface area contributed by atoms with Crippen LogP contribution in [0.1, 0.15) is 20.8 Å². The summed E-state index contributed by atoms with van der Waals surface area (Å²) in [5.41, 5.74) is -0.702. The second-order valence-corrected chi connectivity index (χ2v) is 5.66. The van der Waals surface area contributed by atoms with Gasteiger partial charge >= 0.3 is 18.0 Å². The van der Waals surface area contributed by atoms with Crippen LogP contribution in [0.5, 0.6) is 0 Å². The molecule has 0 aromatic heterocycles. The third-order valence-corrected chi connectivity index (χ3v) is 2.73. The van der Waals surface area contributed by atoms with Crippen molar-refractivity contribution in [2.45, 2.75) is 32.4 Å². The highest BCUT2D eigenvalue weighted by Gasteiger charge is 2.24. The van der Waals surface area contributed by atoms with Gasteiger partial charge in [0.15, 0.2) is 0 Å². The van der Waals surface area contributed by atoms with Crippen LogP contribution in [0.2, 0.25) is 0 Å². The van der Waals surface area contributed by atoms with Crippen molar-refractivity contribution >= 4 is 29.8 Å². The summed E-state index contributed by atoms with van der Waals surface area (Å²) >= 11 is 1.06. The predicted octanol–water partition coefficient (Wildman–Crippen LogP) is 0.870. The molecular formula is C11H19NO6S. The minimum atomic E-state index is -1.19. The van der Waals surface area contributed by atoms with E-state index in [4.69, 9.17) is 9.84 Å². The monoisotopic (exact) mass is 293 g/mol. The van der Waals surface area contributed by atoms with E-state index in [9.17, 15) is 14.4 Å². The lowest BCUT2D eigenvalue weighted by atomic mass is 10.2. The van der Waals surface area contributed by atoms with Gasteiger partial charge in [-0.2, -0.15) is 0 Å². The zero-order valence-corrected chi connectivity index (χ0v) is 12.2. The Hall–Kier alpha value is -1.44. The van der Waals surface area contributed by atoms with Crippen molar-refractivity contribution in [3.63, 3.8) is 0 Å². The minimum absolute atomic E-state index is 0.0241. The molecule has 19 heavy (non-hydrogen) atoms. The van der Waals surface area contributed by atoms with Gasteiger partial charge in [-0.05, 0) is 20.8 Å². The quantitative estimate of drug-likeness (QED) is 0.700. The van der Waals surface area contributed by atoms with E-state index < -0.39 is 29.7 Å². The first-order chi connectivity index (χ1) is 8.65. The fourth-order valence-corrected chi connectivity index (χ4v) is 1.81. The van der Waals surface area contributed by atoms with Crippen LogP contribution in [-0.2, 0) is 19.1 Å². The van der Waals surface area contributed by atoms with E-state index in [0.29, 0.717) is 0 Å². The summed E-state index contributed by atoms with van der Waals surface area (Å²) in [6.45, 7) is 5.02. The molecule has 1 amide bonds. The number of esters is 1. The van der Waals surface area contributed by atoms with E-state index in [1.165, 1.54) is 7.11 Å². The second kappa shape index (κ2) is 7.88. The Balaban J connectivity index is 4.23. The largest absolute Gasteiger partial charge is 0.480 e. The normalized spacial score (nSPS) is 12.4. The highest BCUT2D eigenvalue weighted by molar-refractivity contribution is 8.00. The molecule has 0 aliphatic carbocycles. The SMILES string of the molecule is COC(=O)CSC[C@H](NC(=O)OC(C)(C)C)C(=O)O. The minimum Gasteiger partial charge on any atom is -0.480 e. The third-order valence-electron chi connectivity index (χ3n) is 1.72. The second-order valence-electron chi connectivity index (χ2n) is 4.63. The molecule has 0 saturated carbocycles. The van der Waals surface area contributed by atoms with Gasteiger partial charge in [-0.25, -0.2) is 9.59 Å². The molecule has 0 aliphatic heterocycles. The number of thioether (sulfide) groups is 1. The third kappa shape index (κ3) is 9.18. The zero-order chi connectivity index (χ0) is 15.1. The highest BCUT2D eigenvalue weighted by Crippen LogP contribution is 2.08. The van der Waals surface area contributed by atoms with Crippen LogP contribution in [0.4, 0.5) is 4.79 Å². The Bertz CT molecular complexity index is 339. The number of ether oxygens (including phenoxy) is 2. The number of hydrogen-bond donors (Lipinski definition) is 2. The van der Waals surface area contributed by atoms with Crippen molar-refractivity contribution in [3.8, 4) is 0 Å². The maximum atomic E-state index is 11.4. The Kier molecular flexibility index (Phi) is 7.28. The number of carbonyl (C=O) groups excluding carboxylic acids is 2. The molecule has 0 aromatic rings. The fraction of sp³-hybridized carbons (Fsp3) is 0.727. The fourth-order valence-electron chi connectivity index (χ4n) is 0.944. The van der Waals surface area contributed by atoms with Crippen molar-refractivity contribution < 1.29 is 29.0 Å². The maximum Gasteiger partial charge on any atom is 0.408 e. The Morgan fingerprint density at radius 2 is 1.89 bits per heavy atom. The molecule has 0 aromatic carbocycles. The van der Waals surface area contributed by atoms with E-state index in [0.717, 1.165) is 11.8 Å². The van der Waals surface area contributed by atoms with Crippen LogP contribution in [0, 0.1) is 0 Å². The molecule has 0 heterocycles. The van der Waals surface area contributed by atoms with Gasteiger partial charge < -0.3 is 19.9 Å². The van der Waals surface area contributed by atoms with Crippen LogP contribution in [0.3, 0.4) is 0 Å². The maximum absolute atomic E-state index is 11.4. The van der Waals surface area contributed by atoms with Crippen LogP contribution in [-0.4, -0.2) is 53.4 Å². The first kappa shape index (κ1) is 17.6. The Labute approximate surface area is 116 Å². The highest BCUT2D eigenvalue weighted by atomic mass is 32.2. The van der Waals surface area contributed by atoms with Gasteiger partial charge in [-0.15, -0.1) is 11.8 Å². The number of amides is 1. The molecule has 0 saturated heterocycles. The zero-order valence-electron chi connectivity index (χ0n) is 11.4. The van der Waals surface area contributed by atoms with Gasteiger partial charge in [0.05, 0.1) is 12.9 Å². The van der Waals surface area contributed by atoms with Crippen molar-refractivity contribution in [1.82, 2.24) is 5.32 Å². The van der Waals surface area contributed by atoms with Gasteiger partial charge in [0.2, 0.25) is 0 Å². The summed E-state index contributed by atoms with van der Waals surface area (Å²) in [7, 11) is 1.25. The Morgan fingerprint density at radius 3 is 2.32 bits per heavy atom. The van der Waals surface area contributed by atoms with Crippen molar-refractivity contribution in [2.75, 3.05) is 18.6 Å². The van der Waals surface area contributed by atoms with E-state index in [1.807, 2.05) is 0 Å². The molecule has 0 fully saturated rings. The van der Waals surface area contributed by atoms with Crippen LogP contribution in [0.25, 0.3) is 0 Å². The van der Waals surface area contributed by atoms with Crippen molar-refractivity contribution in [3.05, 3.63) is 0 Å². The number of carboxylic acid groups (broad SMARTS) is 1. The summed E-state index contributed by atoms with van der Waals surface area (Å²) in [6.07, 6.45) is -0.807. The van der Waals surface area contributed by atoms with Gasteiger partial charge in [0.1, 0.15) is 11.6 Å². The van der Waals surface area contributed by atoms with Gasteiger partial charge in [-0.3, -0.25) is 4.79 Å². The molecule has 110 valence electrons. The van der Waals surface area contributed by atoms with Crippen molar-refractivity contribution in [2.24, 2.45) is 0 Å². The molecular weight excluding hydrogens is 274 g/mol. The summed E-state index contributed by atoms with van der Waals surface area (Å²) in [5, 5.41) is 11.2. The summed E-state index contributed by atoms with van der Waals surface area (Å²) in [6, 6.07) is -1.12. The molecule has 0 unspecified atom stereocenters. The number of carboxylic acids is 1. The lowest BCUT2D eigenvalue weighted by Gasteiger charge is -2.21. The first-order valence-corrected chi connectivity index (χ1v) is 6.68.